The average Bonchev–Trinajstić information content (AvgIpc) is 2.28. The van der Waals surface area contributed by atoms with Crippen molar-refractivity contribution >= 4 is 5.97 Å². The summed E-state index contributed by atoms with van der Waals surface area (Å²) in [5.41, 5.74) is 0.272. The van der Waals surface area contributed by atoms with E-state index in [2.05, 4.69) is 0 Å². The largest absolute Gasteiger partial charge is 0.508 e. The number of carbonyl (C=O) groups is 1. The van der Waals surface area contributed by atoms with Crippen molar-refractivity contribution in [3.05, 3.63) is 29.8 Å². The molecule has 0 unspecified atom stereocenters. The van der Waals surface area contributed by atoms with E-state index in [0.29, 0.717) is 0 Å². The fraction of sp³-hybridized carbons (Fsp3) is 0.500. The molecule has 0 aliphatic carbocycles. The summed E-state index contributed by atoms with van der Waals surface area (Å²) in [5.74, 6) is -0.855. The highest BCUT2D eigenvalue weighted by molar-refractivity contribution is 5.72. The van der Waals surface area contributed by atoms with Gasteiger partial charge >= 0.3 is 5.97 Å². The topological polar surface area (TPSA) is 66.8 Å². The molecule has 18 heavy (non-hydrogen) atoms. The maximum atomic E-state index is 11.2. The standard InChI is InChI=1S/C14H20O4/c1-4-14(2,3)18-12(13(16)17)9-10-6-5-7-11(15)8-10/h5-8,12,15H,4,9H2,1-3H3,(H,16,17)/t12-/m0/s1. The summed E-state index contributed by atoms with van der Waals surface area (Å²) in [6.07, 6.45) is 0.0750. The lowest BCUT2D eigenvalue weighted by molar-refractivity contribution is -0.161. The van der Waals surface area contributed by atoms with Gasteiger partial charge in [-0.25, -0.2) is 4.79 Å². The molecule has 2 N–H and O–H groups in total. The van der Waals surface area contributed by atoms with Gasteiger partial charge in [-0.2, -0.15) is 0 Å². The van der Waals surface area contributed by atoms with Crippen molar-refractivity contribution in [2.75, 3.05) is 0 Å². The van der Waals surface area contributed by atoms with Crippen molar-refractivity contribution in [2.24, 2.45) is 0 Å². The van der Waals surface area contributed by atoms with E-state index in [9.17, 15) is 15.0 Å². The molecule has 1 aromatic rings. The molecular formula is C14H20O4. The zero-order valence-electron chi connectivity index (χ0n) is 11.0. The number of carboxylic acids is 1. The van der Waals surface area contributed by atoms with E-state index in [1.54, 1.807) is 24.3 Å². The van der Waals surface area contributed by atoms with Crippen molar-refractivity contribution in [1.82, 2.24) is 0 Å². The molecular weight excluding hydrogens is 232 g/mol. The molecule has 0 radical (unpaired) electrons. The minimum atomic E-state index is -0.986. The molecule has 100 valence electrons. The lowest BCUT2D eigenvalue weighted by atomic mass is 10.0. The molecule has 1 aromatic carbocycles. The van der Waals surface area contributed by atoms with E-state index in [1.165, 1.54) is 0 Å². The van der Waals surface area contributed by atoms with Crippen LogP contribution in [0.4, 0.5) is 0 Å². The number of phenols is 1. The first-order valence-electron chi connectivity index (χ1n) is 6.02. The third-order valence-corrected chi connectivity index (χ3v) is 2.92. The van der Waals surface area contributed by atoms with E-state index in [4.69, 9.17) is 4.74 Å². The maximum Gasteiger partial charge on any atom is 0.333 e. The lowest BCUT2D eigenvalue weighted by Gasteiger charge is -2.27. The Morgan fingerprint density at radius 1 is 1.44 bits per heavy atom. The number of carboxylic acid groups (broad SMARTS) is 1. The molecule has 0 spiro atoms. The van der Waals surface area contributed by atoms with E-state index in [1.807, 2.05) is 20.8 Å². The monoisotopic (exact) mass is 252 g/mol. The molecule has 1 rings (SSSR count). The normalized spacial score (nSPS) is 13.3. The van der Waals surface area contributed by atoms with Crippen LogP contribution >= 0.6 is 0 Å². The summed E-state index contributed by atoms with van der Waals surface area (Å²) >= 11 is 0. The fourth-order valence-electron chi connectivity index (χ4n) is 1.55. The van der Waals surface area contributed by atoms with Gasteiger partial charge in [-0.05, 0) is 38.0 Å². The summed E-state index contributed by atoms with van der Waals surface area (Å²) in [7, 11) is 0. The molecule has 0 aliphatic rings. The number of hydrogen-bond acceptors (Lipinski definition) is 3. The Bertz CT molecular complexity index is 412. The van der Waals surface area contributed by atoms with Gasteiger partial charge in [0.05, 0.1) is 5.60 Å². The minimum absolute atomic E-state index is 0.131. The molecule has 0 heterocycles. The van der Waals surface area contributed by atoms with Crippen LogP contribution in [0.5, 0.6) is 5.75 Å². The predicted molar refractivity (Wildman–Crippen MR) is 68.7 cm³/mol. The van der Waals surface area contributed by atoms with Gasteiger partial charge in [-0.15, -0.1) is 0 Å². The summed E-state index contributed by atoms with van der Waals surface area (Å²) < 4.78 is 5.61. The zero-order chi connectivity index (χ0) is 13.8. The van der Waals surface area contributed by atoms with Crippen LogP contribution in [-0.2, 0) is 16.0 Å². The fourth-order valence-corrected chi connectivity index (χ4v) is 1.55. The lowest BCUT2D eigenvalue weighted by Crippen LogP contribution is -2.36. The van der Waals surface area contributed by atoms with Gasteiger partial charge in [-0.1, -0.05) is 19.1 Å². The van der Waals surface area contributed by atoms with Crippen molar-refractivity contribution in [3.8, 4) is 5.75 Å². The van der Waals surface area contributed by atoms with E-state index in [-0.39, 0.29) is 12.2 Å². The summed E-state index contributed by atoms with van der Waals surface area (Å²) in [5, 5.41) is 18.5. The summed E-state index contributed by atoms with van der Waals surface area (Å²) in [6, 6.07) is 6.57. The number of phenolic OH excluding ortho intramolecular Hbond substituents is 1. The molecule has 1 atom stereocenters. The van der Waals surface area contributed by atoms with Crippen LogP contribution in [0.3, 0.4) is 0 Å². The van der Waals surface area contributed by atoms with Gasteiger partial charge < -0.3 is 14.9 Å². The second-order valence-electron chi connectivity index (χ2n) is 4.93. The average molecular weight is 252 g/mol. The first kappa shape index (κ1) is 14.5. The van der Waals surface area contributed by atoms with E-state index >= 15 is 0 Å². The van der Waals surface area contributed by atoms with Crippen LogP contribution in [0.2, 0.25) is 0 Å². The molecule has 0 saturated heterocycles. The number of rotatable bonds is 6. The van der Waals surface area contributed by atoms with Crippen LogP contribution in [-0.4, -0.2) is 27.9 Å². The van der Waals surface area contributed by atoms with Gasteiger partial charge in [0, 0.05) is 6.42 Å². The second kappa shape index (κ2) is 5.87. The molecule has 0 fully saturated rings. The first-order valence-corrected chi connectivity index (χ1v) is 6.02. The first-order chi connectivity index (χ1) is 8.34. The van der Waals surface area contributed by atoms with Crippen molar-refractivity contribution in [1.29, 1.82) is 0 Å². The highest BCUT2D eigenvalue weighted by Crippen LogP contribution is 2.20. The van der Waals surface area contributed by atoms with Gasteiger partial charge in [0.25, 0.3) is 0 Å². The number of aromatic hydroxyl groups is 1. The molecule has 4 nitrogen and oxygen atoms in total. The number of hydrogen-bond donors (Lipinski definition) is 2. The van der Waals surface area contributed by atoms with Gasteiger partial charge in [0.15, 0.2) is 6.10 Å². The van der Waals surface area contributed by atoms with Gasteiger partial charge in [0.2, 0.25) is 0 Å². The SMILES string of the molecule is CCC(C)(C)O[C@@H](Cc1cccc(O)c1)C(=O)O. The number of aliphatic carboxylic acids is 1. The Kier molecular flexibility index (Phi) is 4.73. The Balaban J connectivity index is 2.78. The molecule has 0 saturated carbocycles. The second-order valence-corrected chi connectivity index (χ2v) is 4.93. The zero-order valence-corrected chi connectivity index (χ0v) is 11.0. The molecule has 4 heteroatoms. The Labute approximate surface area is 107 Å². The third-order valence-electron chi connectivity index (χ3n) is 2.92. The van der Waals surface area contributed by atoms with Crippen LogP contribution in [0.25, 0.3) is 0 Å². The molecule has 0 amide bonds. The molecule has 0 aliphatic heterocycles. The third kappa shape index (κ3) is 4.37. The van der Waals surface area contributed by atoms with Crippen molar-refractivity contribution < 1.29 is 19.7 Å². The summed E-state index contributed by atoms with van der Waals surface area (Å²) in [6.45, 7) is 5.68. The Morgan fingerprint density at radius 3 is 2.61 bits per heavy atom. The predicted octanol–water partition coefficient (Wildman–Crippen LogP) is 2.59. The van der Waals surface area contributed by atoms with Gasteiger partial charge in [0.1, 0.15) is 5.75 Å². The van der Waals surface area contributed by atoms with Crippen molar-refractivity contribution in [3.63, 3.8) is 0 Å². The van der Waals surface area contributed by atoms with E-state index < -0.39 is 17.7 Å². The van der Waals surface area contributed by atoms with Crippen molar-refractivity contribution in [2.45, 2.75) is 45.3 Å². The van der Waals surface area contributed by atoms with Crippen LogP contribution in [0.1, 0.15) is 32.8 Å². The maximum absolute atomic E-state index is 11.2. The highest BCUT2D eigenvalue weighted by Gasteiger charge is 2.27. The van der Waals surface area contributed by atoms with Crippen LogP contribution in [0.15, 0.2) is 24.3 Å². The quantitative estimate of drug-likeness (QED) is 0.816. The Hall–Kier alpha value is -1.55. The van der Waals surface area contributed by atoms with E-state index in [0.717, 1.165) is 12.0 Å². The highest BCUT2D eigenvalue weighted by atomic mass is 16.5. The Morgan fingerprint density at radius 2 is 2.11 bits per heavy atom. The minimum Gasteiger partial charge on any atom is -0.508 e. The van der Waals surface area contributed by atoms with Gasteiger partial charge in [-0.3, -0.25) is 0 Å². The number of benzene rings is 1. The molecule has 0 bridgehead atoms. The van der Waals surface area contributed by atoms with Crippen LogP contribution < -0.4 is 0 Å². The van der Waals surface area contributed by atoms with Crippen LogP contribution in [0, 0.1) is 0 Å². The number of ether oxygens (including phenoxy) is 1. The summed E-state index contributed by atoms with van der Waals surface area (Å²) in [4.78, 5) is 11.2. The smallest absolute Gasteiger partial charge is 0.333 e. The molecule has 0 aromatic heterocycles.